The minimum atomic E-state index is -2.38. The van der Waals surface area contributed by atoms with Crippen LogP contribution in [0.1, 0.15) is 5.56 Å². The van der Waals surface area contributed by atoms with E-state index >= 15 is 0 Å². The van der Waals surface area contributed by atoms with Crippen molar-refractivity contribution in [1.29, 1.82) is 0 Å². The summed E-state index contributed by atoms with van der Waals surface area (Å²) >= 11 is -2.38. The molecule has 0 amide bonds. The molecule has 17 heavy (non-hydrogen) atoms. The van der Waals surface area contributed by atoms with Crippen molar-refractivity contribution in [2.75, 3.05) is 14.2 Å². The molecule has 1 rings (SSSR count). The molecule has 0 fully saturated rings. The number of carbonyl (C=O) groups excluding carboxylic acids is 1. The smallest absolute Gasteiger partial charge is 0.768 e. The summed E-state index contributed by atoms with van der Waals surface area (Å²) in [6.45, 7) is 0. The van der Waals surface area contributed by atoms with E-state index in [0.29, 0.717) is 11.3 Å². The van der Waals surface area contributed by atoms with Crippen LogP contribution in [-0.2, 0) is 27.0 Å². The first-order valence-corrected chi connectivity index (χ1v) is 5.49. The number of carbonyl (C=O) groups is 1. The Kier molecular flexibility index (Phi) is 7.65. The molecule has 5 nitrogen and oxygen atoms in total. The summed E-state index contributed by atoms with van der Waals surface area (Å²) in [5.74, 6) is -0.00643. The molecule has 0 aliphatic heterocycles. The Balaban J connectivity index is 0.00000256. The summed E-state index contributed by atoms with van der Waals surface area (Å²) in [6.07, 6.45) is -0.100. The predicted molar refractivity (Wildman–Crippen MR) is 55.9 cm³/mol. The molecule has 0 saturated carbocycles. The molecule has 7 heteroatoms. The van der Waals surface area contributed by atoms with Gasteiger partial charge in [0.2, 0.25) is 0 Å². The van der Waals surface area contributed by atoms with Crippen molar-refractivity contribution in [3.63, 3.8) is 0 Å². The first-order chi connectivity index (χ1) is 7.58. The topological polar surface area (TPSA) is 75.7 Å². The second-order valence-corrected chi connectivity index (χ2v) is 3.87. The second-order valence-electron chi connectivity index (χ2n) is 2.96. The third-order valence-electron chi connectivity index (χ3n) is 2.01. The summed E-state index contributed by atoms with van der Waals surface area (Å²) in [5, 5.41) is 0. The van der Waals surface area contributed by atoms with Gasteiger partial charge in [0.15, 0.2) is 0 Å². The Morgan fingerprint density at radius 2 is 2.06 bits per heavy atom. The van der Waals surface area contributed by atoms with Gasteiger partial charge in [0.05, 0.1) is 20.6 Å². The van der Waals surface area contributed by atoms with Crippen LogP contribution in [0.3, 0.4) is 0 Å². The third kappa shape index (κ3) is 4.77. The van der Waals surface area contributed by atoms with Crippen molar-refractivity contribution in [2.24, 2.45) is 0 Å². The van der Waals surface area contributed by atoms with Crippen molar-refractivity contribution < 1.29 is 52.6 Å². The monoisotopic (exact) mass is 266 g/mol. The van der Waals surface area contributed by atoms with Gasteiger partial charge in [-0.05, 0) is 34.8 Å². The number of methoxy groups -OCH3 is 2. The van der Waals surface area contributed by atoms with Crippen LogP contribution in [0.25, 0.3) is 0 Å². The van der Waals surface area contributed by atoms with Crippen molar-refractivity contribution in [3.05, 3.63) is 23.8 Å². The largest absolute Gasteiger partial charge is 1.00 e. The molecule has 0 aromatic heterocycles. The van der Waals surface area contributed by atoms with Gasteiger partial charge < -0.3 is 14.0 Å². The minimum Gasteiger partial charge on any atom is -0.768 e. The van der Waals surface area contributed by atoms with E-state index in [2.05, 4.69) is 4.74 Å². The molecule has 0 aliphatic carbocycles. The van der Waals surface area contributed by atoms with E-state index in [1.54, 1.807) is 0 Å². The number of rotatable bonds is 4. The summed E-state index contributed by atoms with van der Waals surface area (Å²) in [6, 6.07) is 4.41. The fraction of sp³-hybridized carbons (Fsp3) is 0.300. The first-order valence-electron chi connectivity index (χ1n) is 4.41. The zero-order chi connectivity index (χ0) is 12.1. The summed E-state index contributed by atoms with van der Waals surface area (Å²) in [7, 11) is 2.71. The molecular weight excluding hydrogens is 255 g/mol. The van der Waals surface area contributed by atoms with Crippen LogP contribution in [0, 0.1) is 0 Å². The maximum Gasteiger partial charge on any atom is 1.00 e. The Morgan fingerprint density at radius 1 is 1.41 bits per heavy atom. The van der Waals surface area contributed by atoms with Crippen LogP contribution < -0.4 is 34.3 Å². The molecule has 0 spiro atoms. The summed E-state index contributed by atoms with van der Waals surface area (Å²) < 4.78 is 31.2. The average molecular weight is 266 g/mol. The average Bonchev–Trinajstić information content (AvgIpc) is 2.28. The van der Waals surface area contributed by atoms with Gasteiger partial charge in [-0.25, -0.2) is 0 Å². The number of esters is 1. The summed E-state index contributed by atoms with van der Waals surface area (Å²) in [5.41, 5.74) is 0.361. The number of hydrogen-bond acceptors (Lipinski definition) is 5. The minimum absolute atomic E-state index is 0. The van der Waals surface area contributed by atoms with Crippen molar-refractivity contribution >= 4 is 17.0 Å². The van der Waals surface area contributed by atoms with E-state index in [0.717, 1.165) is 0 Å². The number of benzene rings is 1. The molecule has 1 atom stereocenters. The Hall–Kier alpha value is -0.400. The molecule has 0 bridgehead atoms. The SMILES string of the molecule is COC(=O)Cc1cc(OC)ccc1S(=O)[O-].[Na+]. The second kappa shape index (κ2) is 7.84. The van der Waals surface area contributed by atoms with E-state index in [4.69, 9.17) is 4.74 Å². The molecular formula is C10H11NaO5S. The van der Waals surface area contributed by atoms with Gasteiger partial charge >= 0.3 is 35.5 Å². The van der Waals surface area contributed by atoms with Crippen LogP contribution in [-0.4, -0.2) is 29.0 Å². The van der Waals surface area contributed by atoms with Crippen LogP contribution >= 0.6 is 0 Å². The molecule has 0 radical (unpaired) electrons. The molecule has 0 saturated heterocycles. The van der Waals surface area contributed by atoms with Gasteiger partial charge in [-0.3, -0.25) is 9.00 Å². The van der Waals surface area contributed by atoms with Gasteiger partial charge in [0, 0.05) is 4.90 Å². The summed E-state index contributed by atoms with van der Waals surface area (Å²) in [4.78, 5) is 11.2. The maximum atomic E-state index is 11.1. The van der Waals surface area contributed by atoms with Crippen LogP contribution in [0.2, 0.25) is 0 Å². The molecule has 0 aliphatic rings. The van der Waals surface area contributed by atoms with Gasteiger partial charge in [-0.2, -0.15) is 0 Å². The van der Waals surface area contributed by atoms with Crippen LogP contribution in [0.15, 0.2) is 23.1 Å². The number of hydrogen-bond donors (Lipinski definition) is 0. The van der Waals surface area contributed by atoms with E-state index in [-0.39, 0.29) is 40.9 Å². The van der Waals surface area contributed by atoms with Crippen molar-refractivity contribution in [2.45, 2.75) is 11.3 Å². The molecule has 0 heterocycles. The van der Waals surface area contributed by atoms with Crippen LogP contribution in [0.4, 0.5) is 0 Å². The Morgan fingerprint density at radius 3 is 2.53 bits per heavy atom. The first kappa shape index (κ1) is 16.6. The zero-order valence-corrected chi connectivity index (χ0v) is 12.7. The molecule has 1 unspecified atom stereocenters. The Bertz CT molecular complexity index is 421. The maximum absolute atomic E-state index is 11.1. The Labute approximate surface area is 124 Å². The van der Waals surface area contributed by atoms with Gasteiger partial charge in [-0.1, -0.05) is 0 Å². The molecule has 1 aromatic carbocycles. The van der Waals surface area contributed by atoms with E-state index in [9.17, 15) is 13.6 Å². The van der Waals surface area contributed by atoms with E-state index in [1.807, 2.05) is 0 Å². The third-order valence-corrected chi connectivity index (χ3v) is 2.77. The van der Waals surface area contributed by atoms with E-state index < -0.39 is 17.0 Å². The molecule has 88 valence electrons. The van der Waals surface area contributed by atoms with Gasteiger partial charge in [0.1, 0.15) is 5.75 Å². The van der Waals surface area contributed by atoms with Gasteiger partial charge in [0.25, 0.3) is 0 Å². The standard InChI is InChI=1S/C10H12O5S.Na/c1-14-8-3-4-9(16(12)13)7(5-8)6-10(11)15-2;/h3-5H,6H2,1-2H3,(H,12,13);/q;+1/p-1. The quantitative estimate of drug-likeness (QED) is 0.346. The molecule has 1 aromatic rings. The predicted octanol–water partition coefficient (Wildman–Crippen LogP) is -2.35. The van der Waals surface area contributed by atoms with E-state index in [1.165, 1.54) is 32.4 Å². The zero-order valence-electron chi connectivity index (χ0n) is 9.89. The van der Waals surface area contributed by atoms with Gasteiger partial charge in [-0.15, -0.1) is 0 Å². The van der Waals surface area contributed by atoms with Crippen molar-refractivity contribution in [3.8, 4) is 5.75 Å². The molecule has 0 N–H and O–H groups in total. The van der Waals surface area contributed by atoms with Crippen LogP contribution in [0.5, 0.6) is 5.75 Å². The fourth-order valence-corrected chi connectivity index (χ4v) is 1.74. The normalized spacial score (nSPS) is 11.2. The number of ether oxygens (including phenoxy) is 2. The van der Waals surface area contributed by atoms with Crippen molar-refractivity contribution in [1.82, 2.24) is 0 Å². The fourth-order valence-electron chi connectivity index (χ4n) is 1.21.